The number of nitriles is 2. The molecule has 6 heteroatoms. The fourth-order valence-electron chi connectivity index (χ4n) is 9.17. The fraction of sp³-hybridized carbons (Fsp3) is 0.0577. The highest BCUT2D eigenvalue weighted by Gasteiger charge is 2.28. The minimum absolute atomic E-state index is 0.321. The third-order valence-corrected chi connectivity index (χ3v) is 11.7. The van der Waals surface area contributed by atoms with E-state index in [9.17, 15) is 10.5 Å². The molecule has 4 heterocycles. The maximum atomic E-state index is 10.9. The summed E-state index contributed by atoms with van der Waals surface area (Å²) in [6.45, 7) is 6.37. The van der Waals surface area contributed by atoms with E-state index in [1.54, 1.807) is 6.07 Å². The number of aromatic nitrogens is 4. The molecule has 11 aromatic rings. The van der Waals surface area contributed by atoms with Gasteiger partial charge in [-0.1, -0.05) is 102 Å². The molecule has 0 atom stereocenters. The maximum Gasteiger partial charge on any atom is 0.165 e. The molecule has 4 aromatic heterocycles. The van der Waals surface area contributed by atoms with Crippen LogP contribution in [0.15, 0.2) is 152 Å². The predicted octanol–water partition coefficient (Wildman–Crippen LogP) is 12.7. The van der Waals surface area contributed by atoms with Crippen molar-refractivity contribution in [2.75, 3.05) is 0 Å². The molecule has 0 unspecified atom stereocenters. The minimum atomic E-state index is 0.321. The van der Waals surface area contributed by atoms with Crippen molar-refractivity contribution >= 4 is 65.4 Å². The molecular weight excluding hydrogens is 709 g/mol. The van der Waals surface area contributed by atoms with Crippen LogP contribution in [0.1, 0.15) is 27.8 Å². The van der Waals surface area contributed by atoms with Gasteiger partial charge in [0.05, 0.1) is 49.9 Å². The van der Waals surface area contributed by atoms with Crippen molar-refractivity contribution in [1.29, 1.82) is 10.5 Å². The van der Waals surface area contributed by atoms with Crippen LogP contribution < -0.4 is 0 Å². The zero-order valence-electron chi connectivity index (χ0n) is 32.1. The zero-order chi connectivity index (χ0) is 39.2. The minimum Gasteiger partial charge on any atom is -0.305 e. The van der Waals surface area contributed by atoms with Gasteiger partial charge in [-0.3, -0.25) is 9.13 Å². The first-order valence-electron chi connectivity index (χ1n) is 19.4. The Balaban J connectivity index is 1.42. The molecule has 0 spiro atoms. The van der Waals surface area contributed by atoms with Gasteiger partial charge >= 0.3 is 0 Å². The van der Waals surface area contributed by atoms with Crippen LogP contribution in [0.25, 0.3) is 93.9 Å². The molecule has 272 valence electrons. The van der Waals surface area contributed by atoms with E-state index in [2.05, 4.69) is 180 Å². The summed E-state index contributed by atoms with van der Waals surface area (Å²) < 4.78 is 6.85. The van der Waals surface area contributed by atoms with E-state index >= 15 is 0 Å². The van der Waals surface area contributed by atoms with Crippen LogP contribution in [0.5, 0.6) is 0 Å². The first-order valence-corrected chi connectivity index (χ1v) is 19.4. The van der Waals surface area contributed by atoms with E-state index in [-0.39, 0.29) is 0 Å². The molecule has 0 aliphatic rings. The van der Waals surface area contributed by atoms with Gasteiger partial charge in [-0.2, -0.15) is 10.5 Å². The third kappa shape index (κ3) is 4.73. The second-order valence-electron chi connectivity index (χ2n) is 15.3. The summed E-state index contributed by atoms with van der Waals surface area (Å²) in [5.74, 6) is 1.40. The fourth-order valence-corrected chi connectivity index (χ4v) is 9.17. The Kier molecular flexibility index (Phi) is 7.23. The van der Waals surface area contributed by atoms with Crippen LogP contribution >= 0.6 is 0 Å². The van der Waals surface area contributed by atoms with E-state index < -0.39 is 0 Å². The number of nitrogens with zero attached hydrogens (tertiary/aromatic N) is 6. The molecule has 0 fully saturated rings. The van der Waals surface area contributed by atoms with Crippen LogP contribution in [0.2, 0.25) is 0 Å². The molecular formula is C52H34N6. The summed E-state index contributed by atoms with van der Waals surface area (Å²) >= 11 is 0. The van der Waals surface area contributed by atoms with Crippen LogP contribution in [0.4, 0.5) is 0 Å². The largest absolute Gasteiger partial charge is 0.305 e. The molecule has 11 rings (SSSR count). The average molecular weight is 743 g/mol. The van der Waals surface area contributed by atoms with E-state index in [0.717, 1.165) is 82.2 Å². The van der Waals surface area contributed by atoms with E-state index in [1.807, 2.05) is 12.1 Å². The van der Waals surface area contributed by atoms with Crippen molar-refractivity contribution in [3.63, 3.8) is 0 Å². The molecule has 0 saturated heterocycles. The van der Waals surface area contributed by atoms with Crippen molar-refractivity contribution in [2.45, 2.75) is 20.8 Å². The van der Waals surface area contributed by atoms with Crippen molar-refractivity contribution in [1.82, 2.24) is 18.7 Å². The van der Waals surface area contributed by atoms with Gasteiger partial charge in [-0.25, -0.2) is 4.98 Å². The standard InChI is InChI=1S/C52H34N6/c1-31-19-22-47-39(25-31)36-12-4-7-16-44(36)56(47)50-28-42(35-15-10-11-34(29-53)43(35)30-54)51(57-45-17-8-5-13-37(45)40-26-32(2)20-23-48(40)57)52(55-50)58-46-18-9-6-14-38(46)41-27-33(3)21-24-49(41)58/h4-28H,1-3H3. The molecule has 0 N–H and O–H groups in total. The molecule has 6 nitrogen and oxygen atoms in total. The molecule has 0 amide bonds. The molecule has 7 aromatic carbocycles. The quantitative estimate of drug-likeness (QED) is 0.180. The molecule has 0 bridgehead atoms. The van der Waals surface area contributed by atoms with Crippen LogP contribution in [0.3, 0.4) is 0 Å². The SMILES string of the molecule is Cc1ccc2c(c1)c1ccccc1n2-c1cc(-c2cccc(C#N)c2C#N)c(-n2c3ccccc3c3cc(C)ccc32)c(-n2c3ccccc3c3cc(C)ccc32)n1. The zero-order valence-corrected chi connectivity index (χ0v) is 32.1. The van der Waals surface area contributed by atoms with E-state index in [0.29, 0.717) is 28.3 Å². The highest BCUT2D eigenvalue weighted by atomic mass is 15.2. The van der Waals surface area contributed by atoms with Crippen LogP contribution in [-0.4, -0.2) is 18.7 Å². The van der Waals surface area contributed by atoms with Gasteiger partial charge in [0.2, 0.25) is 0 Å². The van der Waals surface area contributed by atoms with Crippen molar-refractivity contribution in [2.24, 2.45) is 0 Å². The summed E-state index contributed by atoms with van der Waals surface area (Å²) in [6.07, 6.45) is 0. The number of para-hydroxylation sites is 3. The monoisotopic (exact) mass is 742 g/mol. The van der Waals surface area contributed by atoms with Gasteiger partial charge < -0.3 is 4.57 Å². The maximum absolute atomic E-state index is 10.9. The van der Waals surface area contributed by atoms with Crippen molar-refractivity contribution < 1.29 is 0 Å². The first kappa shape index (κ1) is 33.4. The lowest BCUT2D eigenvalue weighted by atomic mass is 9.95. The number of hydrogen-bond donors (Lipinski definition) is 0. The van der Waals surface area contributed by atoms with Gasteiger partial charge in [0.15, 0.2) is 5.82 Å². The Morgan fingerprint density at radius 1 is 0.414 bits per heavy atom. The summed E-state index contributed by atoms with van der Waals surface area (Å²) in [4.78, 5) is 5.83. The lowest BCUT2D eigenvalue weighted by molar-refractivity contribution is 0.984. The highest BCUT2D eigenvalue weighted by Crippen LogP contribution is 2.44. The Labute approximate surface area is 334 Å². The Morgan fingerprint density at radius 2 is 0.879 bits per heavy atom. The third-order valence-electron chi connectivity index (χ3n) is 11.7. The molecule has 0 radical (unpaired) electrons. The number of aryl methyl sites for hydroxylation is 3. The number of fused-ring (bicyclic) bond motifs is 9. The smallest absolute Gasteiger partial charge is 0.165 e. The number of hydrogen-bond acceptors (Lipinski definition) is 3. The normalized spacial score (nSPS) is 11.7. The lowest BCUT2D eigenvalue weighted by Crippen LogP contribution is -2.11. The number of benzene rings is 7. The van der Waals surface area contributed by atoms with Gasteiger partial charge in [-0.15, -0.1) is 0 Å². The Hall–Kier alpha value is -7.93. The Morgan fingerprint density at radius 3 is 1.41 bits per heavy atom. The number of pyridine rings is 1. The van der Waals surface area contributed by atoms with Crippen LogP contribution in [-0.2, 0) is 0 Å². The second-order valence-corrected chi connectivity index (χ2v) is 15.3. The molecule has 58 heavy (non-hydrogen) atoms. The summed E-state index contributed by atoms with van der Waals surface area (Å²) in [5, 5.41) is 28.0. The van der Waals surface area contributed by atoms with Gasteiger partial charge in [0, 0.05) is 43.4 Å². The summed E-state index contributed by atoms with van der Waals surface area (Å²) in [6, 6.07) is 57.7. The van der Waals surface area contributed by atoms with Crippen molar-refractivity contribution in [3.05, 3.63) is 179 Å². The predicted molar refractivity (Wildman–Crippen MR) is 236 cm³/mol. The summed E-state index contributed by atoms with van der Waals surface area (Å²) in [7, 11) is 0. The average Bonchev–Trinajstić information content (AvgIpc) is 3.87. The summed E-state index contributed by atoms with van der Waals surface area (Å²) in [5.41, 5.74) is 12.5. The molecule has 0 aliphatic heterocycles. The second kappa shape index (κ2) is 12.5. The lowest BCUT2D eigenvalue weighted by Gasteiger charge is -2.22. The number of rotatable bonds is 4. The van der Waals surface area contributed by atoms with E-state index in [1.165, 1.54) is 11.1 Å². The Bertz CT molecular complexity index is 3640. The molecule has 0 saturated carbocycles. The topological polar surface area (TPSA) is 75.3 Å². The van der Waals surface area contributed by atoms with Gasteiger partial charge in [0.25, 0.3) is 0 Å². The van der Waals surface area contributed by atoms with E-state index in [4.69, 9.17) is 4.98 Å². The van der Waals surface area contributed by atoms with Crippen molar-refractivity contribution in [3.8, 4) is 40.6 Å². The van der Waals surface area contributed by atoms with Crippen LogP contribution in [0, 0.1) is 43.4 Å². The van der Waals surface area contributed by atoms with Gasteiger partial charge in [-0.05, 0) is 87.5 Å². The van der Waals surface area contributed by atoms with Gasteiger partial charge in [0.1, 0.15) is 18.0 Å². The first-order chi connectivity index (χ1) is 28.4. The highest BCUT2D eigenvalue weighted by molar-refractivity contribution is 6.13. The molecule has 0 aliphatic carbocycles.